The third-order valence-electron chi connectivity index (χ3n) is 3.97. The highest BCUT2D eigenvalue weighted by Crippen LogP contribution is 2.26. The topological polar surface area (TPSA) is 21.3 Å². The quantitative estimate of drug-likeness (QED) is 0.858. The maximum atomic E-state index is 5.97. The Kier molecular flexibility index (Phi) is 4.94. The molecule has 0 saturated heterocycles. The fraction of sp³-hybridized carbons (Fsp3) is 0.444. The molecular weight excluding hydrogens is 278 g/mol. The van der Waals surface area contributed by atoms with Gasteiger partial charge >= 0.3 is 0 Å². The van der Waals surface area contributed by atoms with Crippen molar-refractivity contribution < 1.29 is 4.74 Å². The molecule has 0 atom stereocenters. The van der Waals surface area contributed by atoms with Crippen LogP contribution >= 0.6 is 11.3 Å². The molecule has 1 heterocycles. The van der Waals surface area contributed by atoms with Gasteiger partial charge in [0.15, 0.2) is 0 Å². The van der Waals surface area contributed by atoms with Gasteiger partial charge in [0.25, 0.3) is 0 Å². The van der Waals surface area contributed by atoms with Gasteiger partial charge in [-0.3, -0.25) is 0 Å². The van der Waals surface area contributed by atoms with Crippen molar-refractivity contribution >= 4 is 11.3 Å². The second-order valence-electron chi connectivity index (χ2n) is 5.57. The first kappa shape index (κ1) is 14.6. The lowest BCUT2D eigenvalue weighted by molar-refractivity contribution is 0.309. The predicted molar refractivity (Wildman–Crippen MR) is 89.1 cm³/mol. The van der Waals surface area contributed by atoms with Gasteiger partial charge in [0, 0.05) is 16.3 Å². The summed E-state index contributed by atoms with van der Waals surface area (Å²) >= 11 is 1.83. The smallest absolute Gasteiger partial charge is 0.122 e. The lowest BCUT2D eigenvalue weighted by Crippen LogP contribution is -2.10. The zero-order valence-electron chi connectivity index (χ0n) is 12.7. The molecule has 2 nitrogen and oxygen atoms in total. The van der Waals surface area contributed by atoms with Crippen molar-refractivity contribution in [1.29, 1.82) is 0 Å². The lowest BCUT2D eigenvalue weighted by Gasteiger charge is -2.16. The Labute approximate surface area is 131 Å². The first-order valence-electron chi connectivity index (χ1n) is 7.88. The number of aryl methyl sites for hydroxylation is 2. The number of nitrogens with one attached hydrogen (secondary N) is 1. The largest absolute Gasteiger partial charge is 0.488 e. The van der Waals surface area contributed by atoms with Crippen LogP contribution in [-0.2, 0) is 26.0 Å². The Hall–Kier alpha value is -1.32. The first-order chi connectivity index (χ1) is 10.3. The molecule has 1 aromatic heterocycles. The van der Waals surface area contributed by atoms with Gasteiger partial charge in [-0.25, -0.2) is 0 Å². The molecule has 0 spiro atoms. The van der Waals surface area contributed by atoms with E-state index in [1.54, 1.807) is 0 Å². The van der Waals surface area contributed by atoms with Crippen LogP contribution in [0.25, 0.3) is 0 Å². The predicted octanol–water partition coefficient (Wildman–Crippen LogP) is 4.32. The molecule has 112 valence electrons. The summed E-state index contributed by atoms with van der Waals surface area (Å²) < 4.78 is 5.97. The maximum absolute atomic E-state index is 5.97. The minimum Gasteiger partial charge on any atom is -0.488 e. The van der Waals surface area contributed by atoms with Crippen LogP contribution in [0.4, 0.5) is 0 Å². The minimum atomic E-state index is 0.676. The summed E-state index contributed by atoms with van der Waals surface area (Å²) in [6, 6.07) is 11.0. The number of rotatable bonds is 6. The van der Waals surface area contributed by atoms with Crippen LogP contribution in [0.3, 0.4) is 0 Å². The lowest BCUT2D eigenvalue weighted by atomic mass is 9.92. The highest BCUT2D eigenvalue weighted by molar-refractivity contribution is 7.11. The molecule has 1 aromatic carbocycles. The summed E-state index contributed by atoms with van der Waals surface area (Å²) in [5, 5.41) is 3.36. The number of benzene rings is 1. The van der Waals surface area contributed by atoms with Gasteiger partial charge in [-0.15, -0.1) is 11.3 Å². The summed E-state index contributed by atoms with van der Waals surface area (Å²) in [5.74, 6) is 1.01. The van der Waals surface area contributed by atoms with Gasteiger partial charge in [-0.1, -0.05) is 13.0 Å². The number of ether oxygens (including phenoxy) is 1. The second kappa shape index (κ2) is 7.10. The van der Waals surface area contributed by atoms with E-state index >= 15 is 0 Å². The molecule has 0 saturated carbocycles. The molecule has 0 radical (unpaired) electrons. The molecular formula is C18H23NOS. The molecule has 0 bridgehead atoms. The van der Waals surface area contributed by atoms with E-state index < -0.39 is 0 Å². The van der Waals surface area contributed by atoms with Gasteiger partial charge in [0.1, 0.15) is 12.4 Å². The summed E-state index contributed by atoms with van der Waals surface area (Å²) in [6.45, 7) is 4.78. The van der Waals surface area contributed by atoms with Gasteiger partial charge in [-0.05, 0) is 67.6 Å². The van der Waals surface area contributed by atoms with Crippen LogP contribution in [0.5, 0.6) is 5.75 Å². The van der Waals surface area contributed by atoms with Crippen LogP contribution in [-0.4, -0.2) is 6.54 Å². The SMILES string of the molecule is CCNCc1ccc(COc2ccc3c(c2)CCCC3)s1. The van der Waals surface area contributed by atoms with Crippen molar-refractivity contribution in [3.05, 3.63) is 51.2 Å². The Morgan fingerprint density at radius 3 is 2.71 bits per heavy atom. The van der Waals surface area contributed by atoms with E-state index in [0.29, 0.717) is 6.61 Å². The second-order valence-corrected chi connectivity index (χ2v) is 6.83. The van der Waals surface area contributed by atoms with E-state index in [9.17, 15) is 0 Å². The molecule has 1 aliphatic carbocycles. The van der Waals surface area contributed by atoms with Crippen molar-refractivity contribution in [3.63, 3.8) is 0 Å². The molecule has 1 aliphatic rings. The highest BCUT2D eigenvalue weighted by atomic mass is 32.1. The zero-order valence-corrected chi connectivity index (χ0v) is 13.5. The van der Waals surface area contributed by atoms with Gasteiger partial charge in [0.05, 0.1) is 0 Å². The fourth-order valence-corrected chi connectivity index (χ4v) is 3.70. The monoisotopic (exact) mass is 301 g/mol. The first-order valence-corrected chi connectivity index (χ1v) is 8.69. The Morgan fingerprint density at radius 1 is 1.05 bits per heavy atom. The Morgan fingerprint density at radius 2 is 1.86 bits per heavy atom. The van der Waals surface area contributed by atoms with Crippen LogP contribution in [0.15, 0.2) is 30.3 Å². The summed E-state index contributed by atoms with van der Waals surface area (Å²) in [7, 11) is 0. The zero-order chi connectivity index (χ0) is 14.5. The third kappa shape index (κ3) is 3.86. The maximum Gasteiger partial charge on any atom is 0.122 e. The average Bonchev–Trinajstić information content (AvgIpc) is 2.98. The summed E-state index contributed by atoms with van der Waals surface area (Å²) in [5.41, 5.74) is 3.00. The van der Waals surface area contributed by atoms with Gasteiger partial charge in [-0.2, -0.15) is 0 Å². The van der Waals surface area contributed by atoms with Crippen molar-refractivity contribution in [1.82, 2.24) is 5.32 Å². The van der Waals surface area contributed by atoms with Crippen LogP contribution < -0.4 is 10.1 Å². The summed E-state index contributed by atoms with van der Waals surface area (Å²) in [4.78, 5) is 2.67. The third-order valence-corrected chi connectivity index (χ3v) is 5.03. The van der Waals surface area contributed by atoms with Crippen molar-refractivity contribution in [2.24, 2.45) is 0 Å². The van der Waals surface area contributed by atoms with E-state index in [0.717, 1.165) is 18.8 Å². The van der Waals surface area contributed by atoms with E-state index in [2.05, 4.69) is 42.6 Å². The molecule has 3 heteroatoms. The molecule has 0 aliphatic heterocycles. The average molecular weight is 301 g/mol. The van der Waals surface area contributed by atoms with Crippen molar-refractivity contribution in [2.45, 2.75) is 45.8 Å². The molecule has 0 amide bonds. The molecule has 0 fully saturated rings. The van der Waals surface area contributed by atoms with E-state index in [4.69, 9.17) is 4.74 Å². The molecule has 21 heavy (non-hydrogen) atoms. The number of hydrogen-bond donors (Lipinski definition) is 1. The normalized spacial score (nSPS) is 14.0. The van der Waals surface area contributed by atoms with Crippen LogP contribution in [0.1, 0.15) is 40.6 Å². The fourth-order valence-electron chi connectivity index (χ4n) is 2.80. The van der Waals surface area contributed by atoms with E-state index in [1.165, 1.54) is 46.6 Å². The minimum absolute atomic E-state index is 0.676. The standard InChI is InChI=1S/C18H23NOS/c1-2-19-12-17-9-10-18(21-17)13-20-16-8-7-14-5-3-4-6-15(14)11-16/h7-11,19H,2-6,12-13H2,1H3. The molecule has 2 aromatic rings. The van der Waals surface area contributed by atoms with Crippen LogP contribution in [0, 0.1) is 0 Å². The molecule has 1 N–H and O–H groups in total. The number of fused-ring (bicyclic) bond motifs is 1. The van der Waals surface area contributed by atoms with Crippen LogP contribution in [0.2, 0.25) is 0 Å². The molecule has 3 rings (SSSR count). The van der Waals surface area contributed by atoms with Crippen molar-refractivity contribution in [3.8, 4) is 5.75 Å². The highest BCUT2D eigenvalue weighted by Gasteiger charge is 2.10. The molecule has 0 unspecified atom stereocenters. The number of thiophene rings is 1. The van der Waals surface area contributed by atoms with Crippen molar-refractivity contribution in [2.75, 3.05) is 6.54 Å². The van der Waals surface area contributed by atoms with Gasteiger partial charge in [0.2, 0.25) is 0 Å². The number of hydrogen-bond acceptors (Lipinski definition) is 3. The van der Waals surface area contributed by atoms with E-state index in [1.807, 2.05) is 11.3 Å². The summed E-state index contributed by atoms with van der Waals surface area (Å²) in [6.07, 6.45) is 5.08. The van der Waals surface area contributed by atoms with E-state index in [-0.39, 0.29) is 0 Å². The Bertz CT molecular complexity index is 591. The Balaban J connectivity index is 1.58. The van der Waals surface area contributed by atoms with Gasteiger partial charge < -0.3 is 10.1 Å².